The van der Waals surface area contributed by atoms with Crippen LogP contribution < -0.4 is 5.32 Å². The zero-order chi connectivity index (χ0) is 18.1. The van der Waals surface area contributed by atoms with Crippen molar-refractivity contribution in [1.29, 1.82) is 0 Å². The molecular weight excluding hydrogens is 348 g/mol. The first kappa shape index (κ1) is 16.2. The maximum absolute atomic E-state index is 12.4. The van der Waals surface area contributed by atoms with Gasteiger partial charge in [-0.25, -0.2) is 4.98 Å². The van der Waals surface area contributed by atoms with Crippen molar-refractivity contribution in [3.05, 3.63) is 72.0 Å². The van der Waals surface area contributed by atoms with Crippen LogP contribution in [0.2, 0.25) is 0 Å². The van der Waals surface area contributed by atoms with Crippen molar-refractivity contribution < 1.29 is 14.0 Å². The van der Waals surface area contributed by atoms with Crippen molar-refractivity contribution in [2.75, 3.05) is 5.32 Å². The summed E-state index contributed by atoms with van der Waals surface area (Å²) in [5, 5.41) is 3.49. The molecule has 4 aromatic rings. The van der Waals surface area contributed by atoms with E-state index in [1.165, 1.54) is 18.3 Å². The van der Waals surface area contributed by atoms with E-state index < -0.39 is 0 Å². The van der Waals surface area contributed by atoms with E-state index in [4.69, 9.17) is 4.42 Å². The average Bonchev–Trinajstić information content (AvgIpc) is 3.29. The minimum Gasteiger partial charge on any atom is -0.448 e. The lowest BCUT2D eigenvalue weighted by molar-refractivity contribution is 0.0995. The summed E-state index contributed by atoms with van der Waals surface area (Å²) in [4.78, 5) is 28.2. The number of ketones is 1. The Balaban J connectivity index is 1.53. The SMILES string of the molecule is CC(=O)c1ccc(NC(=O)c2ccc(-c3nc4ccccc4s3)o2)cc1. The monoisotopic (exact) mass is 362 g/mol. The number of fused-ring (bicyclic) bond motifs is 1. The molecular formula is C20H14N2O3S. The third kappa shape index (κ3) is 3.14. The van der Waals surface area contributed by atoms with Gasteiger partial charge in [-0.3, -0.25) is 9.59 Å². The second kappa shape index (κ2) is 6.57. The van der Waals surface area contributed by atoms with Crippen molar-refractivity contribution in [2.45, 2.75) is 6.92 Å². The zero-order valence-corrected chi connectivity index (χ0v) is 14.7. The number of nitrogens with one attached hydrogen (secondary N) is 1. The number of Topliss-reactive ketones (excluding diaryl/α,β-unsaturated/α-hetero) is 1. The number of hydrogen-bond donors (Lipinski definition) is 1. The quantitative estimate of drug-likeness (QED) is 0.518. The van der Waals surface area contributed by atoms with Crippen molar-refractivity contribution in [1.82, 2.24) is 4.98 Å². The van der Waals surface area contributed by atoms with E-state index in [9.17, 15) is 9.59 Å². The van der Waals surface area contributed by atoms with Gasteiger partial charge in [0.05, 0.1) is 10.2 Å². The Labute approximate surface area is 153 Å². The molecule has 5 nitrogen and oxygen atoms in total. The van der Waals surface area contributed by atoms with E-state index in [0.29, 0.717) is 17.0 Å². The van der Waals surface area contributed by atoms with E-state index in [2.05, 4.69) is 10.3 Å². The zero-order valence-electron chi connectivity index (χ0n) is 13.9. The van der Waals surface area contributed by atoms with Crippen LogP contribution in [0, 0.1) is 0 Å². The lowest BCUT2D eigenvalue weighted by atomic mass is 10.1. The van der Waals surface area contributed by atoms with Crippen LogP contribution in [-0.4, -0.2) is 16.7 Å². The van der Waals surface area contributed by atoms with Crippen molar-refractivity contribution in [3.63, 3.8) is 0 Å². The third-order valence-corrected chi connectivity index (χ3v) is 4.93. The smallest absolute Gasteiger partial charge is 0.291 e. The highest BCUT2D eigenvalue weighted by Crippen LogP contribution is 2.31. The number of aromatic nitrogens is 1. The van der Waals surface area contributed by atoms with Gasteiger partial charge in [0.1, 0.15) is 0 Å². The van der Waals surface area contributed by atoms with Crippen LogP contribution in [0.1, 0.15) is 27.8 Å². The molecule has 2 aromatic carbocycles. The predicted octanol–water partition coefficient (Wildman–Crippen LogP) is 5.01. The summed E-state index contributed by atoms with van der Waals surface area (Å²) in [5.74, 6) is 0.389. The number of hydrogen-bond acceptors (Lipinski definition) is 5. The number of para-hydroxylation sites is 1. The molecule has 0 bridgehead atoms. The molecule has 0 saturated heterocycles. The highest BCUT2D eigenvalue weighted by atomic mass is 32.1. The van der Waals surface area contributed by atoms with Gasteiger partial charge in [0.15, 0.2) is 22.3 Å². The molecule has 1 N–H and O–H groups in total. The minimum absolute atomic E-state index is 0.0191. The molecule has 1 amide bonds. The molecule has 128 valence electrons. The summed E-state index contributed by atoms with van der Waals surface area (Å²) in [6, 6.07) is 17.9. The third-order valence-electron chi connectivity index (χ3n) is 3.88. The van der Waals surface area contributed by atoms with Crippen LogP contribution >= 0.6 is 11.3 Å². The molecule has 0 aliphatic rings. The van der Waals surface area contributed by atoms with Gasteiger partial charge in [0.25, 0.3) is 5.91 Å². The second-order valence-electron chi connectivity index (χ2n) is 5.74. The molecule has 0 aliphatic heterocycles. The van der Waals surface area contributed by atoms with Gasteiger partial charge >= 0.3 is 0 Å². The fourth-order valence-corrected chi connectivity index (χ4v) is 3.46. The van der Waals surface area contributed by atoms with E-state index in [1.807, 2.05) is 24.3 Å². The van der Waals surface area contributed by atoms with Gasteiger partial charge in [0, 0.05) is 11.3 Å². The maximum atomic E-state index is 12.4. The summed E-state index contributed by atoms with van der Waals surface area (Å²) >= 11 is 1.52. The number of rotatable bonds is 4. The number of thiazole rings is 1. The topological polar surface area (TPSA) is 72.2 Å². The maximum Gasteiger partial charge on any atom is 0.291 e. The molecule has 26 heavy (non-hydrogen) atoms. The molecule has 2 aromatic heterocycles. The van der Waals surface area contributed by atoms with Gasteiger partial charge in [0.2, 0.25) is 0 Å². The molecule has 0 atom stereocenters. The summed E-state index contributed by atoms with van der Waals surface area (Å²) in [7, 11) is 0. The van der Waals surface area contributed by atoms with Crippen molar-refractivity contribution >= 4 is 38.9 Å². The first-order chi connectivity index (χ1) is 12.6. The minimum atomic E-state index is -0.354. The average molecular weight is 362 g/mol. The lowest BCUT2D eigenvalue weighted by Crippen LogP contribution is -2.10. The number of carbonyl (C=O) groups is 2. The Hall–Kier alpha value is -3.25. The van der Waals surface area contributed by atoms with E-state index in [1.54, 1.807) is 36.4 Å². The Kier molecular flexibility index (Phi) is 4.10. The number of nitrogens with zero attached hydrogens (tertiary/aromatic N) is 1. The molecule has 0 fully saturated rings. The van der Waals surface area contributed by atoms with Crippen LogP contribution in [0.15, 0.2) is 65.1 Å². The normalized spacial score (nSPS) is 10.8. The highest BCUT2D eigenvalue weighted by Gasteiger charge is 2.15. The molecule has 0 radical (unpaired) electrons. The van der Waals surface area contributed by atoms with Gasteiger partial charge < -0.3 is 9.73 Å². The number of amides is 1. The molecule has 0 unspecified atom stereocenters. The lowest BCUT2D eigenvalue weighted by Gasteiger charge is -2.03. The van der Waals surface area contributed by atoms with Crippen LogP contribution in [0.5, 0.6) is 0 Å². The van der Waals surface area contributed by atoms with Crippen LogP contribution in [0.4, 0.5) is 5.69 Å². The number of anilines is 1. The van der Waals surface area contributed by atoms with E-state index in [0.717, 1.165) is 15.2 Å². The highest BCUT2D eigenvalue weighted by molar-refractivity contribution is 7.21. The Morgan fingerprint density at radius 2 is 1.77 bits per heavy atom. The number of furan rings is 1. The summed E-state index contributed by atoms with van der Waals surface area (Å²) < 4.78 is 6.74. The van der Waals surface area contributed by atoms with Crippen LogP contribution in [0.25, 0.3) is 21.0 Å². The van der Waals surface area contributed by atoms with Gasteiger partial charge in [-0.2, -0.15) is 0 Å². The summed E-state index contributed by atoms with van der Waals surface area (Å²) in [6.07, 6.45) is 0. The van der Waals surface area contributed by atoms with Gasteiger partial charge in [-0.05, 0) is 55.5 Å². The molecule has 4 rings (SSSR count). The van der Waals surface area contributed by atoms with Crippen LogP contribution in [-0.2, 0) is 0 Å². The first-order valence-corrected chi connectivity index (χ1v) is 8.80. The Morgan fingerprint density at radius 1 is 1.00 bits per heavy atom. The first-order valence-electron chi connectivity index (χ1n) is 7.98. The fourth-order valence-electron chi connectivity index (χ4n) is 2.53. The molecule has 0 spiro atoms. The van der Waals surface area contributed by atoms with Crippen LogP contribution in [0.3, 0.4) is 0 Å². The molecule has 2 heterocycles. The van der Waals surface area contributed by atoms with Gasteiger partial charge in [-0.1, -0.05) is 12.1 Å². The fraction of sp³-hybridized carbons (Fsp3) is 0.0500. The van der Waals surface area contributed by atoms with E-state index in [-0.39, 0.29) is 17.5 Å². The number of carbonyl (C=O) groups excluding carboxylic acids is 2. The summed E-state index contributed by atoms with van der Waals surface area (Å²) in [6.45, 7) is 1.50. The summed E-state index contributed by atoms with van der Waals surface area (Å²) in [5.41, 5.74) is 2.09. The second-order valence-corrected chi connectivity index (χ2v) is 6.77. The van der Waals surface area contributed by atoms with Gasteiger partial charge in [-0.15, -0.1) is 11.3 Å². The van der Waals surface area contributed by atoms with E-state index >= 15 is 0 Å². The Morgan fingerprint density at radius 3 is 2.50 bits per heavy atom. The molecule has 0 aliphatic carbocycles. The molecule has 0 saturated carbocycles. The largest absolute Gasteiger partial charge is 0.448 e. The van der Waals surface area contributed by atoms with Crippen molar-refractivity contribution in [3.8, 4) is 10.8 Å². The Bertz CT molecular complexity index is 1080. The molecule has 6 heteroatoms. The number of benzene rings is 2. The standard InChI is InChI=1S/C20H14N2O3S/c1-12(23)13-6-8-14(9-7-13)21-19(24)16-10-11-17(25-16)20-22-15-4-2-3-5-18(15)26-20/h2-11H,1H3,(H,21,24). The predicted molar refractivity (Wildman–Crippen MR) is 102 cm³/mol. The van der Waals surface area contributed by atoms with Crippen molar-refractivity contribution in [2.24, 2.45) is 0 Å².